The van der Waals surface area contributed by atoms with Crippen LogP contribution >= 0.6 is 11.3 Å². The molecule has 9 heteroatoms. The third-order valence-corrected chi connectivity index (χ3v) is 6.62. The minimum atomic E-state index is -0.489. The van der Waals surface area contributed by atoms with E-state index in [1.165, 1.54) is 29.8 Å². The number of benzene rings is 2. The van der Waals surface area contributed by atoms with Crippen molar-refractivity contribution < 1.29 is 14.0 Å². The first-order chi connectivity index (χ1) is 16.1. The van der Waals surface area contributed by atoms with Crippen LogP contribution in [0.1, 0.15) is 38.0 Å². The minimum absolute atomic E-state index is 0.0740. The van der Waals surface area contributed by atoms with Crippen molar-refractivity contribution in [2.45, 2.75) is 19.3 Å². The largest absolute Gasteiger partial charge is 0.349 e. The van der Waals surface area contributed by atoms with Crippen LogP contribution in [-0.2, 0) is 6.42 Å². The average Bonchev–Trinajstić information content (AvgIpc) is 3.33. The van der Waals surface area contributed by atoms with Gasteiger partial charge in [0, 0.05) is 18.8 Å². The van der Waals surface area contributed by atoms with E-state index >= 15 is 0 Å². The first-order valence-electron chi connectivity index (χ1n) is 11.0. The molecule has 0 aliphatic carbocycles. The molecule has 1 aliphatic heterocycles. The van der Waals surface area contributed by atoms with Gasteiger partial charge in [-0.25, -0.2) is 4.39 Å². The van der Waals surface area contributed by atoms with Crippen LogP contribution in [0.25, 0.3) is 0 Å². The molecule has 1 aromatic heterocycles. The standard InChI is InChI=1S/C24H26FN5O2S/c25-19-6-8-20(9-7-19)27-22(32)24-29-28-23(33-24)21(31)26-12-15-30-13-10-18(11-14-30)16-17-4-2-1-3-5-17/h1-9,18H,10-16H2,(H,26,31)(H,27,32). The molecule has 33 heavy (non-hydrogen) atoms. The van der Waals surface area contributed by atoms with Gasteiger partial charge in [0.2, 0.25) is 10.0 Å². The molecule has 0 saturated carbocycles. The van der Waals surface area contributed by atoms with E-state index < -0.39 is 5.91 Å². The number of amides is 2. The molecule has 1 saturated heterocycles. The number of nitrogens with one attached hydrogen (secondary N) is 2. The van der Waals surface area contributed by atoms with Gasteiger partial charge in [-0.15, -0.1) is 10.2 Å². The summed E-state index contributed by atoms with van der Waals surface area (Å²) in [6.45, 7) is 3.35. The van der Waals surface area contributed by atoms with Crippen molar-refractivity contribution in [1.29, 1.82) is 0 Å². The van der Waals surface area contributed by atoms with Gasteiger partial charge in [0.15, 0.2) is 0 Å². The predicted octanol–water partition coefficient (Wildman–Crippen LogP) is 3.61. The van der Waals surface area contributed by atoms with E-state index in [2.05, 4.69) is 50.0 Å². The smallest absolute Gasteiger partial charge is 0.286 e. The fraction of sp³-hybridized carbons (Fsp3) is 0.333. The van der Waals surface area contributed by atoms with Crippen LogP contribution in [0, 0.1) is 11.7 Å². The average molecular weight is 468 g/mol. The van der Waals surface area contributed by atoms with Crippen molar-refractivity contribution in [3.8, 4) is 0 Å². The van der Waals surface area contributed by atoms with E-state index in [0.29, 0.717) is 18.2 Å². The van der Waals surface area contributed by atoms with Gasteiger partial charge in [0.05, 0.1) is 0 Å². The fourth-order valence-corrected chi connectivity index (χ4v) is 4.54. The van der Waals surface area contributed by atoms with Crippen LogP contribution in [-0.4, -0.2) is 53.1 Å². The fourth-order valence-electron chi connectivity index (χ4n) is 3.89. The Morgan fingerprint density at radius 1 is 0.970 bits per heavy atom. The van der Waals surface area contributed by atoms with Crippen LogP contribution in [0.3, 0.4) is 0 Å². The molecule has 4 rings (SSSR count). The van der Waals surface area contributed by atoms with E-state index in [-0.39, 0.29) is 21.7 Å². The van der Waals surface area contributed by atoms with Crippen molar-refractivity contribution >= 4 is 28.8 Å². The zero-order valence-corrected chi connectivity index (χ0v) is 19.0. The number of piperidine rings is 1. The number of carbonyl (C=O) groups excluding carboxylic acids is 2. The Balaban J connectivity index is 1.17. The summed E-state index contributed by atoms with van der Waals surface area (Å²) >= 11 is 0.925. The summed E-state index contributed by atoms with van der Waals surface area (Å²) in [6, 6.07) is 16.0. The molecule has 0 atom stereocenters. The van der Waals surface area contributed by atoms with E-state index in [1.54, 1.807) is 0 Å². The molecule has 2 aromatic carbocycles. The SMILES string of the molecule is O=C(NCCN1CCC(Cc2ccccc2)CC1)c1nnc(C(=O)Nc2ccc(F)cc2)s1. The van der Waals surface area contributed by atoms with E-state index in [0.717, 1.165) is 50.2 Å². The highest BCUT2D eigenvalue weighted by Gasteiger charge is 2.20. The number of aromatic nitrogens is 2. The monoisotopic (exact) mass is 467 g/mol. The summed E-state index contributed by atoms with van der Waals surface area (Å²) in [5.41, 5.74) is 1.83. The summed E-state index contributed by atoms with van der Waals surface area (Å²) < 4.78 is 13.0. The van der Waals surface area contributed by atoms with E-state index in [4.69, 9.17) is 0 Å². The molecule has 7 nitrogen and oxygen atoms in total. The van der Waals surface area contributed by atoms with Gasteiger partial charge in [-0.05, 0) is 68.1 Å². The number of halogens is 1. The van der Waals surface area contributed by atoms with Gasteiger partial charge in [-0.1, -0.05) is 41.7 Å². The number of anilines is 1. The first-order valence-corrected chi connectivity index (χ1v) is 11.8. The van der Waals surface area contributed by atoms with Crippen molar-refractivity contribution in [2.24, 2.45) is 5.92 Å². The molecule has 0 radical (unpaired) electrons. The van der Waals surface area contributed by atoms with Gasteiger partial charge >= 0.3 is 0 Å². The lowest BCUT2D eigenvalue weighted by Gasteiger charge is -2.32. The summed E-state index contributed by atoms with van der Waals surface area (Å²) in [4.78, 5) is 27.0. The Bertz CT molecular complexity index is 1070. The van der Waals surface area contributed by atoms with Gasteiger partial charge in [-0.2, -0.15) is 0 Å². The second-order valence-corrected chi connectivity index (χ2v) is 9.08. The summed E-state index contributed by atoms with van der Waals surface area (Å²) in [5, 5.41) is 13.3. The van der Waals surface area contributed by atoms with Gasteiger partial charge < -0.3 is 15.5 Å². The van der Waals surface area contributed by atoms with Crippen LogP contribution in [0.15, 0.2) is 54.6 Å². The first kappa shape index (κ1) is 23.0. The van der Waals surface area contributed by atoms with E-state index in [1.807, 2.05) is 6.07 Å². The Kier molecular flexibility index (Phi) is 7.74. The maximum Gasteiger partial charge on any atom is 0.286 e. The summed E-state index contributed by atoms with van der Waals surface area (Å²) in [6.07, 6.45) is 3.44. The van der Waals surface area contributed by atoms with Gasteiger partial charge in [0.25, 0.3) is 11.8 Å². The second kappa shape index (κ2) is 11.1. The number of hydrogen-bond donors (Lipinski definition) is 2. The number of carbonyl (C=O) groups is 2. The predicted molar refractivity (Wildman–Crippen MR) is 126 cm³/mol. The molecule has 1 aliphatic rings. The number of rotatable bonds is 8. The highest BCUT2D eigenvalue weighted by molar-refractivity contribution is 7.15. The lowest BCUT2D eigenvalue weighted by Crippen LogP contribution is -2.39. The molecular formula is C24H26FN5O2S. The van der Waals surface area contributed by atoms with E-state index in [9.17, 15) is 14.0 Å². The van der Waals surface area contributed by atoms with Gasteiger partial charge in [-0.3, -0.25) is 9.59 Å². The Morgan fingerprint density at radius 2 is 1.64 bits per heavy atom. The summed E-state index contributed by atoms with van der Waals surface area (Å²) in [5.74, 6) is -0.512. The second-order valence-electron chi connectivity index (χ2n) is 8.10. The zero-order valence-electron chi connectivity index (χ0n) is 18.2. The topological polar surface area (TPSA) is 87.2 Å². The van der Waals surface area contributed by atoms with Crippen molar-refractivity contribution in [3.63, 3.8) is 0 Å². The Hall–Kier alpha value is -3.17. The molecule has 2 amide bonds. The van der Waals surface area contributed by atoms with Crippen LogP contribution < -0.4 is 10.6 Å². The summed E-state index contributed by atoms with van der Waals surface area (Å²) in [7, 11) is 0. The Labute approximate surface area is 196 Å². The van der Waals surface area contributed by atoms with Crippen molar-refractivity contribution in [3.05, 3.63) is 76.0 Å². The maximum absolute atomic E-state index is 13.0. The molecule has 3 aromatic rings. The zero-order chi connectivity index (χ0) is 23.0. The Morgan fingerprint density at radius 3 is 2.33 bits per heavy atom. The number of nitrogens with zero attached hydrogens (tertiary/aromatic N) is 3. The number of hydrogen-bond acceptors (Lipinski definition) is 6. The number of likely N-dealkylation sites (tertiary alicyclic amines) is 1. The molecule has 2 heterocycles. The molecule has 172 valence electrons. The van der Waals surface area contributed by atoms with Crippen LogP contribution in [0.2, 0.25) is 0 Å². The van der Waals surface area contributed by atoms with Crippen LogP contribution in [0.5, 0.6) is 0 Å². The third-order valence-electron chi connectivity index (χ3n) is 5.70. The third kappa shape index (κ3) is 6.66. The highest BCUT2D eigenvalue weighted by Crippen LogP contribution is 2.21. The van der Waals surface area contributed by atoms with Crippen LogP contribution in [0.4, 0.5) is 10.1 Å². The lowest BCUT2D eigenvalue weighted by atomic mass is 9.90. The molecule has 2 N–H and O–H groups in total. The normalized spacial score (nSPS) is 14.7. The molecule has 1 fully saturated rings. The lowest BCUT2D eigenvalue weighted by molar-refractivity contribution is 0.0941. The van der Waals surface area contributed by atoms with Gasteiger partial charge in [0.1, 0.15) is 5.82 Å². The van der Waals surface area contributed by atoms with Crippen molar-refractivity contribution in [2.75, 3.05) is 31.5 Å². The molecular weight excluding hydrogens is 441 g/mol. The van der Waals surface area contributed by atoms with Crippen molar-refractivity contribution in [1.82, 2.24) is 20.4 Å². The highest BCUT2D eigenvalue weighted by atomic mass is 32.1. The minimum Gasteiger partial charge on any atom is -0.349 e. The molecule has 0 bridgehead atoms. The molecule has 0 spiro atoms. The maximum atomic E-state index is 13.0. The molecule has 0 unspecified atom stereocenters. The quantitative estimate of drug-likeness (QED) is 0.529.